The van der Waals surface area contributed by atoms with Gasteiger partial charge in [-0.25, -0.2) is 4.98 Å². The van der Waals surface area contributed by atoms with Crippen LogP contribution in [0.3, 0.4) is 0 Å². The number of amides is 1. The molecule has 0 bridgehead atoms. The molecule has 2 aromatic heterocycles. The summed E-state index contributed by atoms with van der Waals surface area (Å²) in [5.41, 5.74) is 0.930. The van der Waals surface area contributed by atoms with E-state index in [9.17, 15) is 18.4 Å². The van der Waals surface area contributed by atoms with E-state index in [-0.39, 0.29) is 28.2 Å². The Balaban J connectivity index is 1.43. The van der Waals surface area contributed by atoms with Crippen LogP contribution in [-0.2, 0) is 10.2 Å². The zero-order chi connectivity index (χ0) is 22.7. The van der Waals surface area contributed by atoms with Crippen LogP contribution in [0.15, 0.2) is 47.4 Å². The van der Waals surface area contributed by atoms with E-state index >= 15 is 0 Å². The summed E-state index contributed by atoms with van der Waals surface area (Å²) in [5, 5.41) is 2.80. The topological polar surface area (TPSA) is 93.3 Å². The van der Waals surface area contributed by atoms with E-state index in [2.05, 4.69) is 24.8 Å². The van der Waals surface area contributed by atoms with Crippen LogP contribution in [0.1, 0.15) is 24.0 Å². The number of aromatic amines is 1. The van der Waals surface area contributed by atoms with Crippen molar-refractivity contribution < 1.29 is 23.0 Å². The fraction of sp³-hybridized carbons (Fsp3) is 0.227. The van der Waals surface area contributed by atoms with Gasteiger partial charge in [-0.15, -0.1) is 8.78 Å². The van der Waals surface area contributed by atoms with Crippen molar-refractivity contribution in [2.24, 2.45) is 0 Å². The summed E-state index contributed by atoms with van der Waals surface area (Å²) in [4.78, 5) is 32.0. The van der Waals surface area contributed by atoms with Crippen LogP contribution in [-0.4, -0.2) is 22.2 Å². The zero-order valence-electron chi connectivity index (χ0n) is 16.7. The Morgan fingerprint density at radius 1 is 1.16 bits per heavy atom. The fourth-order valence-corrected chi connectivity index (χ4v) is 3.97. The van der Waals surface area contributed by atoms with Gasteiger partial charge in [0.15, 0.2) is 11.5 Å². The molecule has 1 aromatic carbocycles. The quantitative estimate of drug-likeness (QED) is 0.603. The number of nitrogens with one attached hydrogen (secondary N) is 2. The van der Waals surface area contributed by atoms with Crippen molar-refractivity contribution in [3.05, 3.63) is 69.1 Å². The summed E-state index contributed by atoms with van der Waals surface area (Å²) in [7, 11) is 0. The van der Waals surface area contributed by atoms with Gasteiger partial charge in [-0.1, -0.05) is 23.7 Å². The Morgan fingerprint density at radius 2 is 1.91 bits per heavy atom. The normalized spacial score (nSPS) is 17.1. The second-order valence-electron chi connectivity index (χ2n) is 7.76. The number of carbonyl (C=O) groups excluding carboxylic acids is 1. The molecule has 0 radical (unpaired) electrons. The molecule has 10 heteroatoms. The zero-order valence-corrected chi connectivity index (χ0v) is 17.4. The monoisotopic (exact) mass is 459 g/mol. The average Bonchev–Trinajstić information content (AvgIpc) is 3.49. The van der Waals surface area contributed by atoms with Crippen LogP contribution in [0.25, 0.3) is 11.3 Å². The van der Waals surface area contributed by atoms with Gasteiger partial charge in [0, 0.05) is 11.8 Å². The number of halogens is 3. The molecule has 0 atom stereocenters. The lowest BCUT2D eigenvalue weighted by Gasteiger charge is -2.17. The number of aromatic nitrogens is 2. The highest BCUT2D eigenvalue weighted by Crippen LogP contribution is 2.52. The van der Waals surface area contributed by atoms with Crippen LogP contribution in [0, 0.1) is 6.92 Å². The molecule has 5 rings (SSSR count). The van der Waals surface area contributed by atoms with Gasteiger partial charge < -0.3 is 19.8 Å². The fourth-order valence-electron chi connectivity index (χ4n) is 3.77. The van der Waals surface area contributed by atoms with Gasteiger partial charge in [0.25, 0.3) is 5.56 Å². The summed E-state index contributed by atoms with van der Waals surface area (Å²) >= 11 is 6.14. The number of hydrogen-bond acceptors (Lipinski definition) is 5. The predicted octanol–water partition coefficient (Wildman–Crippen LogP) is 4.39. The van der Waals surface area contributed by atoms with E-state index in [1.165, 1.54) is 18.3 Å². The van der Waals surface area contributed by atoms with Crippen LogP contribution >= 0.6 is 11.6 Å². The highest BCUT2D eigenvalue weighted by molar-refractivity contribution is 6.33. The van der Waals surface area contributed by atoms with Crippen molar-refractivity contribution in [1.82, 2.24) is 9.97 Å². The molecule has 1 saturated carbocycles. The molecule has 1 fully saturated rings. The molecule has 0 saturated heterocycles. The number of pyridine rings is 2. The molecular weight excluding hydrogens is 444 g/mol. The Bertz CT molecular complexity index is 1320. The van der Waals surface area contributed by atoms with Crippen LogP contribution in [0.5, 0.6) is 11.5 Å². The number of rotatable bonds is 4. The largest absolute Gasteiger partial charge is 0.586 e. The molecule has 1 amide bonds. The number of anilines is 1. The van der Waals surface area contributed by atoms with Crippen LogP contribution in [0.2, 0.25) is 5.02 Å². The van der Waals surface area contributed by atoms with E-state index in [1.54, 1.807) is 24.3 Å². The predicted molar refractivity (Wildman–Crippen MR) is 112 cm³/mol. The highest BCUT2D eigenvalue weighted by Gasteiger charge is 2.53. The second kappa shape index (κ2) is 7.03. The van der Waals surface area contributed by atoms with Crippen LogP contribution in [0.4, 0.5) is 14.6 Å². The molecular formula is C22H16ClF2N3O4. The lowest BCUT2D eigenvalue weighted by Crippen LogP contribution is -2.28. The summed E-state index contributed by atoms with van der Waals surface area (Å²) in [6.45, 7) is 1.82. The molecule has 164 valence electrons. The molecule has 3 heterocycles. The van der Waals surface area contributed by atoms with Crippen molar-refractivity contribution in [2.75, 3.05) is 5.32 Å². The molecule has 1 aliphatic carbocycles. The van der Waals surface area contributed by atoms with Gasteiger partial charge in [-0.05, 0) is 55.2 Å². The van der Waals surface area contributed by atoms with Crippen molar-refractivity contribution in [3.63, 3.8) is 0 Å². The molecule has 2 aliphatic rings. The Hall–Kier alpha value is -3.46. The highest BCUT2D eigenvalue weighted by atomic mass is 35.5. The van der Waals surface area contributed by atoms with Crippen molar-refractivity contribution in [2.45, 2.75) is 31.5 Å². The third-order valence-corrected chi connectivity index (χ3v) is 6.01. The second-order valence-corrected chi connectivity index (χ2v) is 8.14. The maximum atomic E-state index is 13.3. The SMILES string of the molecule is Cc1ccc(NC(=O)C2(c3ccc4c(c3)OC(F)(F)O4)CC2)nc1-c1cc[nH]c(=O)c1Cl. The first kappa shape index (κ1) is 20.4. The summed E-state index contributed by atoms with van der Waals surface area (Å²) < 4.78 is 35.6. The Morgan fingerprint density at radius 3 is 2.66 bits per heavy atom. The van der Waals surface area contributed by atoms with E-state index < -0.39 is 17.3 Å². The number of H-pyrrole nitrogens is 1. The van der Waals surface area contributed by atoms with Gasteiger partial charge in [0.05, 0.1) is 11.1 Å². The molecule has 7 nitrogen and oxygen atoms in total. The molecule has 0 unspecified atom stereocenters. The number of nitrogens with zero attached hydrogens (tertiary/aromatic N) is 1. The van der Waals surface area contributed by atoms with Crippen LogP contribution < -0.4 is 20.3 Å². The van der Waals surface area contributed by atoms with E-state index in [4.69, 9.17) is 11.6 Å². The summed E-state index contributed by atoms with van der Waals surface area (Å²) in [6.07, 6.45) is -1.15. The number of ether oxygens (including phenoxy) is 2. The minimum atomic E-state index is -3.72. The van der Waals surface area contributed by atoms with Gasteiger partial charge in [-0.2, -0.15) is 0 Å². The minimum absolute atomic E-state index is 0.00222. The van der Waals surface area contributed by atoms with Crippen molar-refractivity contribution in [3.8, 4) is 22.8 Å². The van der Waals surface area contributed by atoms with E-state index in [0.29, 0.717) is 29.7 Å². The molecule has 1 aliphatic heterocycles. The number of aryl methyl sites for hydroxylation is 1. The van der Waals surface area contributed by atoms with Crippen molar-refractivity contribution in [1.29, 1.82) is 0 Å². The van der Waals surface area contributed by atoms with E-state index in [0.717, 1.165) is 5.56 Å². The third kappa shape index (κ3) is 3.38. The molecule has 0 spiro atoms. The smallest absolute Gasteiger partial charge is 0.395 e. The minimum Gasteiger partial charge on any atom is -0.395 e. The molecule has 2 N–H and O–H groups in total. The Kier molecular flexibility index (Phi) is 4.49. The standard InChI is InChI=1S/C22H16ClF2N3O4/c1-11-2-5-16(27-18(11)13-6-9-26-19(29)17(13)23)28-20(30)21(7-8-21)12-3-4-14-15(10-12)32-22(24,25)31-14/h2-6,9-10H,7-8H2,1H3,(H,26,29)(H,27,28,30). The molecule has 3 aromatic rings. The first-order valence-electron chi connectivity index (χ1n) is 9.76. The number of hydrogen-bond donors (Lipinski definition) is 2. The summed E-state index contributed by atoms with van der Waals surface area (Å²) in [6, 6.07) is 9.41. The van der Waals surface area contributed by atoms with E-state index in [1.807, 2.05) is 6.92 Å². The maximum absolute atomic E-state index is 13.3. The first-order chi connectivity index (χ1) is 15.2. The number of carbonyl (C=O) groups is 1. The Labute approximate surface area is 185 Å². The van der Waals surface area contributed by atoms with Gasteiger partial charge >= 0.3 is 6.29 Å². The average molecular weight is 460 g/mol. The molecule has 32 heavy (non-hydrogen) atoms. The third-order valence-electron chi connectivity index (χ3n) is 5.63. The number of benzene rings is 1. The number of fused-ring (bicyclic) bond motifs is 1. The van der Waals surface area contributed by atoms with Gasteiger partial charge in [0.1, 0.15) is 10.8 Å². The van der Waals surface area contributed by atoms with Crippen molar-refractivity contribution >= 4 is 23.3 Å². The number of alkyl halides is 2. The lowest BCUT2D eigenvalue weighted by molar-refractivity contribution is -0.286. The van der Waals surface area contributed by atoms with Gasteiger partial charge in [-0.3, -0.25) is 9.59 Å². The van der Waals surface area contributed by atoms with Gasteiger partial charge in [0.2, 0.25) is 5.91 Å². The summed E-state index contributed by atoms with van der Waals surface area (Å²) in [5.74, 6) is -0.214. The first-order valence-corrected chi connectivity index (χ1v) is 10.1. The lowest BCUT2D eigenvalue weighted by atomic mass is 9.94. The maximum Gasteiger partial charge on any atom is 0.586 e.